The highest BCUT2D eigenvalue weighted by atomic mass is 32.2. The van der Waals surface area contributed by atoms with E-state index in [0.717, 1.165) is 16.7 Å². The van der Waals surface area contributed by atoms with Gasteiger partial charge >= 0.3 is 0 Å². The van der Waals surface area contributed by atoms with Crippen LogP contribution in [0.15, 0.2) is 52.7 Å². The van der Waals surface area contributed by atoms with E-state index in [-0.39, 0.29) is 5.91 Å². The maximum Gasteiger partial charge on any atom is 0.236 e. The molecule has 0 atom stereocenters. The van der Waals surface area contributed by atoms with Crippen molar-refractivity contribution in [3.8, 4) is 22.6 Å². The highest BCUT2D eigenvalue weighted by molar-refractivity contribution is 8.15. The van der Waals surface area contributed by atoms with Gasteiger partial charge in [-0.2, -0.15) is 5.10 Å². The van der Waals surface area contributed by atoms with Gasteiger partial charge in [0.2, 0.25) is 5.91 Å². The van der Waals surface area contributed by atoms with E-state index in [1.165, 1.54) is 11.8 Å². The molecule has 1 saturated heterocycles. The topological polar surface area (TPSA) is 72.3 Å². The molecule has 0 saturated carbocycles. The number of hydrogen-bond acceptors (Lipinski definition) is 6. The number of carbonyl (C=O) groups is 1. The summed E-state index contributed by atoms with van der Waals surface area (Å²) in [6.07, 6.45) is 1.67. The van der Waals surface area contributed by atoms with Gasteiger partial charge in [-0.05, 0) is 23.3 Å². The summed E-state index contributed by atoms with van der Waals surface area (Å²) in [7, 11) is 3.22. The fourth-order valence-electron chi connectivity index (χ4n) is 2.40. The van der Waals surface area contributed by atoms with Crippen molar-refractivity contribution in [2.24, 2.45) is 10.2 Å². The zero-order valence-corrected chi connectivity index (χ0v) is 14.7. The molecule has 1 N–H and O–H groups in total. The number of ether oxygens (including phenoxy) is 2. The lowest BCUT2D eigenvalue weighted by atomic mass is 10.00. The molecule has 2 aromatic rings. The third-order valence-electron chi connectivity index (χ3n) is 3.59. The van der Waals surface area contributed by atoms with E-state index in [4.69, 9.17) is 9.47 Å². The van der Waals surface area contributed by atoms with Crippen LogP contribution in [0.4, 0.5) is 0 Å². The van der Waals surface area contributed by atoms with Crippen LogP contribution in [-0.2, 0) is 4.79 Å². The van der Waals surface area contributed by atoms with Gasteiger partial charge in [-0.15, -0.1) is 5.10 Å². The van der Waals surface area contributed by atoms with Gasteiger partial charge < -0.3 is 14.8 Å². The van der Waals surface area contributed by atoms with Crippen LogP contribution in [-0.4, -0.2) is 37.3 Å². The van der Waals surface area contributed by atoms with Crippen LogP contribution in [0.5, 0.6) is 11.5 Å². The van der Waals surface area contributed by atoms with Gasteiger partial charge in [0.05, 0.1) is 26.2 Å². The Kier molecular flexibility index (Phi) is 5.35. The van der Waals surface area contributed by atoms with Crippen LogP contribution in [0.1, 0.15) is 5.56 Å². The zero-order valence-electron chi connectivity index (χ0n) is 13.9. The Bertz CT molecular complexity index is 849. The fourth-order valence-corrected chi connectivity index (χ4v) is 3.03. The number of amidine groups is 1. The van der Waals surface area contributed by atoms with Gasteiger partial charge in [0.15, 0.2) is 16.7 Å². The highest BCUT2D eigenvalue weighted by Crippen LogP contribution is 2.33. The Morgan fingerprint density at radius 3 is 2.64 bits per heavy atom. The lowest BCUT2D eigenvalue weighted by Crippen LogP contribution is -2.19. The van der Waals surface area contributed by atoms with Crippen LogP contribution in [0.25, 0.3) is 11.1 Å². The molecule has 6 nitrogen and oxygen atoms in total. The molecule has 0 spiro atoms. The monoisotopic (exact) mass is 355 g/mol. The minimum absolute atomic E-state index is 0.0512. The standard InChI is InChI=1S/C18H17N3O3S/c1-23-15-8-7-12(9-16(15)24-2)14-6-4-3-5-13(14)10-19-21-18-20-17(22)11-25-18/h3-10H,11H2,1-2H3,(H,20,21,22). The molecule has 1 fully saturated rings. The summed E-state index contributed by atoms with van der Waals surface area (Å²) < 4.78 is 10.7. The maximum absolute atomic E-state index is 11.2. The van der Waals surface area contributed by atoms with Crippen LogP contribution < -0.4 is 14.8 Å². The number of methoxy groups -OCH3 is 2. The SMILES string of the molecule is COc1ccc(-c2ccccc2C=NN=C2NC(=O)CS2)cc1OC. The van der Waals surface area contributed by atoms with Gasteiger partial charge in [0.25, 0.3) is 0 Å². The first-order valence-electron chi connectivity index (χ1n) is 7.56. The first kappa shape index (κ1) is 17.0. The summed E-state index contributed by atoms with van der Waals surface area (Å²) in [4.78, 5) is 11.2. The first-order chi connectivity index (χ1) is 12.2. The van der Waals surface area contributed by atoms with Crippen molar-refractivity contribution in [2.45, 2.75) is 0 Å². The van der Waals surface area contributed by atoms with Crippen LogP contribution in [0.3, 0.4) is 0 Å². The molecule has 3 rings (SSSR count). The second-order valence-corrected chi connectivity index (χ2v) is 6.11. The largest absolute Gasteiger partial charge is 0.493 e. The lowest BCUT2D eigenvalue weighted by molar-refractivity contribution is -0.116. The fraction of sp³-hybridized carbons (Fsp3) is 0.167. The predicted molar refractivity (Wildman–Crippen MR) is 101 cm³/mol. The third-order valence-corrected chi connectivity index (χ3v) is 4.45. The summed E-state index contributed by atoms with van der Waals surface area (Å²) in [6.45, 7) is 0. The molecule has 1 amide bonds. The number of hydrogen-bond donors (Lipinski definition) is 1. The molecule has 25 heavy (non-hydrogen) atoms. The molecule has 0 radical (unpaired) electrons. The number of amides is 1. The highest BCUT2D eigenvalue weighted by Gasteiger charge is 2.16. The van der Waals surface area contributed by atoms with Crippen molar-refractivity contribution in [3.05, 3.63) is 48.0 Å². The molecular formula is C18H17N3O3S. The molecule has 2 aromatic carbocycles. The number of carbonyl (C=O) groups excluding carboxylic acids is 1. The Labute approximate surface area is 149 Å². The van der Waals surface area contributed by atoms with Gasteiger partial charge in [-0.1, -0.05) is 42.1 Å². The van der Waals surface area contributed by atoms with Crippen molar-refractivity contribution in [1.82, 2.24) is 5.32 Å². The van der Waals surface area contributed by atoms with Crippen molar-refractivity contribution in [1.29, 1.82) is 0 Å². The molecule has 1 aliphatic rings. The Morgan fingerprint density at radius 1 is 1.12 bits per heavy atom. The molecule has 1 heterocycles. The van der Waals surface area contributed by atoms with Crippen LogP contribution >= 0.6 is 11.8 Å². The molecular weight excluding hydrogens is 338 g/mol. The molecule has 0 bridgehead atoms. The molecule has 0 aromatic heterocycles. The van der Waals surface area contributed by atoms with Gasteiger partial charge in [0.1, 0.15) is 0 Å². The van der Waals surface area contributed by atoms with Crippen molar-refractivity contribution in [3.63, 3.8) is 0 Å². The molecule has 128 valence electrons. The number of nitrogens with zero attached hydrogens (tertiary/aromatic N) is 2. The van der Waals surface area contributed by atoms with Crippen molar-refractivity contribution in [2.75, 3.05) is 20.0 Å². The van der Waals surface area contributed by atoms with Gasteiger partial charge in [-0.3, -0.25) is 4.79 Å². The molecule has 1 aliphatic heterocycles. The number of benzene rings is 2. The molecule has 0 unspecified atom stereocenters. The lowest BCUT2D eigenvalue weighted by Gasteiger charge is -2.11. The number of thioether (sulfide) groups is 1. The molecule has 7 heteroatoms. The smallest absolute Gasteiger partial charge is 0.236 e. The van der Waals surface area contributed by atoms with Crippen molar-refractivity contribution >= 4 is 29.1 Å². The van der Waals surface area contributed by atoms with Gasteiger partial charge in [-0.25, -0.2) is 0 Å². The molecule has 0 aliphatic carbocycles. The first-order valence-corrected chi connectivity index (χ1v) is 8.55. The maximum atomic E-state index is 11.2. The van der Waals surface area contributed by atoms with E-state index in [0.29, 0.717) is 22.4 Å². The number of rotatable bonds is 5. The van der Waals surface area contributed by atoms with E-state index in [1.54, 1.807) is 20.4 Å². The number of nitrogens with one attached hydrogen (secondary N) is 1. The third kappa shape index (κ3) is 4.00. The van der Waals surface area contributed by atoms with Crippen LogP contribution in [0, 0.1) is 0 Å². The summed E-state index contributed by atoms with van der Waals surface area (Å²) in [5.41, 5.74) is 2.89. The quantitative estimate of drug-likeness (QED) is 0.661. The summed E-state index contributed by atoms with van der Waals surface area (Å²) in [5.74, 6) is 1.68. The Morgan fingerprint density at radius 2 is 1.92 bits per heavy atom. The summed E-state index contributed by atoms with van der Waals surface area (Å²) in [6, 6.07) is 13.6. The van der Waals surface area contributed by atoms with E-state index in [2.05, 4.69) is 15.5 Å². The Balaban J connectivity index is 1.90. The Hall–Kier alpha value is -2.80. The van der Waals surface area contributed by atoms with E-state index >= 15 is 0 Å². The second kappa shape index (κ2) is 7.85. The van der Waals surface area contributed by atoms with E-state index < -0.39 is 0 Å². The predicted octanol–water partition coefficient (Wildman–Crippen LogP) is 2.92. The zero-order chi connectivity index (χ0) is 17.6. The average Bonchev–Trinajstić information content (AvgIpc) is 3.06. The average molecular weight is 355 g/mol. The second-order valence-electron chi connectivity index (χ2n) is 5.14. The van der Waals surface area contributed by atoms with Gasteiger partial charge in [0, 0.05) is 5.56 Å². The van der Waals surface area contributed by atoms with Crippen molar-refractivity contribution < 1.29 is 14.3 Å². The van der Waals surface area contributed by atoms with Crippen LogP contribution in [0.2, 0.25) is 0 Å². The minimum Gasteiger partial charge on any atom is -0.493 e. The van der Waals surface area contributed by atoms with E-state index in [1.807, 2.05) is 42.5 Å². The minimum atomic E-state index is -0.0512. The summed E-state index contributed by atoms with van der Waals surface area (Å²) >= 11 is 1.34. The summed E-state index contributed by atoms with van der Waals surface area (Å²) in [5, 5.41) is 11.3. The normalized spacial score (nSPS) is 15.6. The van der Waals surface area contributed by atoms with E-state index in [9.17, 15) is 4.79 Å².